The fraction of sp³-hybridized carbons (Fsp3) is 0.351. The van der Waals surface area contributed by atoms with Crippen LogP contribution in [0.4, 0.5) is 0 Å². The number of allylic oxidation sites excluding steroid dienone is 8. The first-order valence-corrected chi connectivity index (χ1v) is 45.0. The Bertz CT molecular complexity index is 6320. The van der Waals surface area contributed by atoms with Gasteiger partial charge in [-0.15, -0.1) is 0 Å². The summed E-state index contributed by atoms with van der Waals surface area (Å²) in [6.07, 6.45) is 6.78. The first-order valence-electron chi connectivity index (χ1n) is 45.0. The Morgan fingerprint density at radius 1 is 0.246 bits per heavy atom. The highest BCUT2D eigenvalue weighted by Crippen LogP contribution is 2.50. The van der Waals surface area contributed by atoms with E-state index < -0.39 is 0 Å². The van der Waals surface area contributed by atoms with Crippen LogP contribution in [-0.2, 0) is 47.3 Å². The maximum atomic E-state index is 5.81. The van der Waals surface area contributed by atoms with Gasteiger partial charge in [0.25, 0.3) is 0 Å². The summed E-state index contributed by atoms with van der Waals surface area (Å²) in [5.74, 6) is 14.1. The van der Waals surface area contributed by atoms with Gasteiger partial charge in [0.2, 0.25) is 0 Å². The minimum atomic E-state index is -0.0745. The van der Waals surface area contributed by atoms with Crippen molar-refractivity contribution in [2.45, 2.75) is 267 Å². The quantitative estimate of drug-likeness (QED) is 0.0912. The minimum Gasteiger partial charge on any atom is -0.354 e. The van der Waals surface area contributed by atoms with Crippen LogP contribution in [0.25, 0.3) is 133 Å². The van der Waals surface area contributed by atoms with Crippen LogP contribution in [0.5, 0.6) is 0 Å². The largest absolute Gasteiger partial charge is 0.354 e. The first-order chi connectivity index (χ1) is 57.9. The molecule has 15 rings (SSSR count). The molecule has 4 aliphatic heterocycles. The number of rotatable bonds is 12. The highest BCUT2D eigenvalue weighted by molar-refractivity contribution is 6.07. The van der Waals surface area contributed by atoms with Crippen LogP contribution in [0.2, 0.25) is 0 Å². The van der Waals surface area contributed by atoms with E-state index >= 15 is 0 Å². The Labute approximate surface area is 727 Å². The van der Waals surface area contributed by atoms with Crippen LogP contribution in [0, 0.1) is 51.4 Å². The third-order valence-corrected chi connectivity index (χ3v) is 26.8. The zero-order valence-electron chi connectivity index (χ0n) is 78.1. The molecule has 0 unspecified atom stereocenters. The number of benzene rings is 5. The van der Waals surface area contributed by atoms with Gasteiger partial charge in [0.15, 0.2) is 0 Å². The van der Waals surface area contributed by atoms with Crippen molar-refractivity contribution >= 4 is 88.7 Å². The predicted molar refractivity (Wildman–Crippen MR) is 525 cm³/mol. The molecule has 6 aromatic heterocycles. The molecule has 0 spiro atoms. The Balaban J connectivity index is 0.789. The number of hydrogen-bond acceptors (Lipinski definition) is 4. The molecule has 0 atom stereocenters. The minimum absolute atomic E-state index is 0.0745. The monoisotopic (exact) mass is 1610 g/mol. The number of aromatic nitrogens is 8. The molecule has 5 aromatic carbocycles. The molecule has 122 heavy (non-hydrogen) atoms. The van der Waals surface area contributed by atoms with Crippen molar-refractivity contribution in [1.82, 2.24) is 39.9 Å². The molecule has 8 nitrogen and oxygen atoms in total. The Morgan fingerprint density at radius 2 is 0.443 bits per heavy atom. The average Bonchev–Trinajstić information content (AvgIpc) is 1.61. The molecule has 0 saturated heterocycles. The van der Waals surface area contributed by atoms with E-state index in [1.807, 2.05) is 0 Å². The maximum absolute atomic E-state index is 5.81. The van der Waals surface area contributed by atoms with Crippen LogP contribution < -0.4 is 0 Å². The lowest BCUT2D eigenvalue weighted by molar-refractivity contribution is 0.568. The maximum Gasteiger partial charge on any atom is 0.0769 e. The lowest BCUT2D eigenvalue weighted by Crippen LogP contribution is -2.16. The van der Waals surface area contributed by atoms with Crippen molar-refractivity contribution in [3.63, 3.8) is 0 Å². The van der Waals surface area contributed by atoms with Gasteiger partial charge in [0.05, 0.1) is 67.6 Å². The van der Waals surface area contributed by atoms with Gasteiger partial charge in [0.1, 0.15) is 0 Å². The number of nitrogens with one attached hydrogen (secondary N) is 4. The molecule has 16 bridgehead atoms. The highest BCUT2D eigenvalue weighted by Gasteiger charge is 2.33. The van der Waals surface area contributed by atoms with Gasteiger partial charge in [0, 0.05) is 66.6 Å². The zero-order chi connectivity index (χ0) is 87.4. The standard InChI is InChI=1S/C114H126N8/c1-29-83-63(9)103-99(104-64(10)84(30-2)92(116-104)60-96-88(34-6)68(14)108(120-96)101(107-67(13)87(33-5)95(119-107)59-91(83)115-103)77-53-79(111(17,18)19)57-80(54-77)112(20,21)22)75-49-45-73(46-50-75)43-41-71-37-39-72(40-38-71)42-44-74-47-51-76(52-48-74)100-105-65(11)85(31-3)93(117-105)61-97-89(35-7)69(15)109(121-97)102(78-55-81(113(23,24)25)58-82(56-78)114(26,27)28)110-70(16)90(36-8)98(122-110)62-94-86(32-4)66(12)106(100)118-94/h37-40,45-62,115,117,120,122H,29-36H2,1-28H3. The summed E-state index contributed by atoms with van der Waals surface area (Å²) in [5.41, 5.74) is 54.3. The van der Waals surface area contributed by atoms with Crippen molar-refractivity contribution in [3.05, 3.63) is 268 Å². The molecule has 0 amide bonds. The SMILES string of the molecule is CCC1=C(C)c2nc1cc1[nH]c(c(C)c1CC)c(-c1ccc(C#Cc3ccc(C#Cc4ccc(-c5c6nc(cc7[nH]c(c(C)c7CC)c(-c7cc(C(C)(C)C)cc(C(C)(C)C)c7)c7nc(cc8[nH]c5c(C)c8CC)C(CC)=C7C)C(CC)=C6C)cc4)cc3)cc1)c1nc(cc3[nH]c(c(C)c3CC)c2-c2cc(C(C)(C)C)cc(C(C)(C)C)c2)C(CC)=C1C. The molecule has 4 aliphatic rings. The molecule has 0 fully saturated rings. The molecule has 622 valence electrons. The average molecular weight is 1610 g/mol. The molecular formula is C114H126N8. The summed E-state index contributed by atoms with van der Waals surface area (Å²) in [5, 5.41) is 0. The molecule has 10 heterocycles. The Hall–Kier alpha value is -11.6. The van der Waals surface area contributed by atoms with Crippen LogP contribution in [0.15, 0.2) is 133 Å². The Morgan fingerprint density at radius 3 is 0.631 bits per heavy atom. The van der Waals surface area contributed by atoms with Crippen molar-refractivity contribution in [3.8, 4) is 68.2 Å². The van der Waals surface area contributed by atoms with E-state index in [1.54, 1.807) is 0 Å². The molecule has 4 N–H and O–H groups in total. The summed E-state index contributed by atoms with van der Waals surface area (Å²) >= 11 is 0. The molecular weight excluding hydrogens is 1480 g/mol. The summed E-state index contributed by atoms with van der Waals surface area (Å²) in [4.78, 5) is 39.6. The molecule has 11 aromatic rings. The van der Waals surface area contributed by atoms with Gasteiger partial charge in [-0.3, -0.25) is 0 Å². The van der Waals surface area contributed by atoms with E-state index in [0.29, 0.717) is 0 Å². The van der Waals surface area contributed by atoms with Gasteiger partial charge in [-0.05, 0) is 335 Å². The summed E-state index contributed by atoms with van der Waals surface area (Å²) in [7, 11) is 0. The molecule has 8 heteroatoms. The van der Waals surface area contributed by atoms with Crippen LogP contribution in [-0.4, -0.2) is 39.9 Å². The van der Waals surface area contributed by atoms with Crippen LogP contribution in [0.3, 0.4) is 0 Å². The highest BCUT2D eigenvalue weighted by atomic mass is 14.8. The predicted octanol–water partition coefficient (Wildman–Crippen LogP) is 30.4. The van der Waals surface area contributed by atoms with Crippen LogP contribution in [0.1, 0.15) is 326 Å². The summed E-state index contributed by atoms with van der Waals surface area (Å²) in [6.45, 7) is 64.5. The van der Waals surface area contributed by atoms with Gasteiger partial charge >= 0.3 is 0 Å². The van der Waals surface area contributed by atoms with Crippen LogP contribution >= 0.6 is 0 Å². The van der Waals surface area contributed by atoms with E-state index in [1.165, 1.54) is 122 Å². The van der Waals surface area contributed by atoms with E-state index in [0.717, 1.165) is 197 Å². The number of aryl methyl sites for hydroxylation is 8. The second-order valence-corrected chi connectivity index (χ2v) is 38.6. The number of fused-ring (bicyclic) bond motifs is 16. The van der Waals surface area contributed by atoms with E-state index in [-0.39, 0.29) is 21.7 Å². The molecule has 0 radical (unpaired) electrons. The van der Waals surface area contributed by atoms with Crippen molar-refractivity contribution in [2.75, 3.05) is 0 Å². The first kappa shape index (κ1) is 85.4. The summed E-state index contributed by atoms with van der Waals surface area (Å²) < 4.78 is 0. The van der Waals surface area contributed by atoms with Crippen molar-refractivity contribution < 1.29 is 0 Å². The summed E-state index contributed by atoms with van der Waals surface area (Å²) in [6, 6.07) is 49.8. The Kier molecular flexibility index (Phi) is 22.9. The second kappa shape index (κ2) is 32.7. The van der Waals surface area contributed by atoms with Gasteiger partial charge in [-0.25, -0.2) is 19.9 Å². The number of H-pyrrole nitrogens is 4. The van der Waals surface area contributed by atoms with Crippen molar-refractivity contribution in [2.24, 2.45) is 0 Å². The van der Waals surface area contributed by atoms with Gasteiger partial charge in [-0.1, -0.05) is 223 Å². The molecule has 0 aliphatic carbocycles. The fourth-order valence-corrected chi connectivity index (χ4v) is 19.4. The van der Waals surface area contributed by atoms with E-state index in [2.05, 4.69) is 371 Å². The number of hydrogen-bond donors (Lipinski definition) is 4. The van der Waals surface area contributed by atoms with Gasteiger partial charge < -0.3 is 19.9 Å². The third-order valence-electron chi connectivity index (χ3n) is 26.8. The smallest absolute Gasteiger partial charge is 0.0769 e. The zero-order valence-corrected chi connectivity index (χ0v) is 78.1. The van der Waals surface area contributed by atoms with Gasteiger partial charge in [-0.2, -0.15) is 0 Å². The lowest BCUT2D eigenvalue weighted by atomic mass is 9.78. The topological polar surface area (TPSA) is 115 Å². The van der Waals surface area contributed by atoms with E-state index in [9.17, 15) is 0 Å². The number of nitrogens with zero attached hydrogens (tertiary/aromatic N) is 4. The normalized spacial score (nSPS) is 13.4. The third kappa shape index (κ3) is 15.5. The molecule has 0 saturated carbocycles. The lowest BCUT2D eigenvalue weighted by Gasteiger charge is -2.26. The fourth-order valence-electron chi connectivity index (χ4n) is 19.4. The van der Waals surface area contributed by atoms with E-state index in [4.69, 9.17) is 19.9 Å². The second-order valence-electron chi connectivity index (χ2n) is 38.6. The van der Waals surface area contributed by atoms with Crippen molar-refractivity contribution in [1.29, 1.82) is 0 Å². The number of aromatic amines is 4.